The zero-order chi connectivity index (χ0) is 55.4. The number of aromatic hydroxyl groups is 2. The van der Waals surface area contributed by atoms with Crippen molar-refractivity contribution in [3.63, 3.8) is 0 Å². The van der Waals surface area contributed by atoms with E-state index >= 15 is 0 Å². The zero-order valence-electron chi connectivity index (χ0n) is 40.8. The molecule has 25 nitrogen and oxygen atoms in total. The maximum absolute atomic E-state index is 13.4. The molecule has 26 heteroatoms. The van der Waals surface area contributed by atoms with E-state index in [-0.39, 0.29) is 75.0 Å². The van der Waals surface area contributed by atoms with E-state index in [9.17, 15) is 59.1 Å². The lowest BCUT2D eigenvalue weighted by Crippen LogP contribution is -2.44. The number of hydrogen-bond acceptors (Lipinski definition) is 18. The van der Waals surface area contributed by atoms with Gasteiger partial charge < -0.3 is 68.1 Å². The number of H-pyrrole nitrogens is 1. The fourth-order valence-electron chi connectivity index (χ4n) is 8.26. The van der Waals surface area contributed by atoms with Gasteiger partial charge in [-0.2, -0.15) is 4.98 Å². The van der Waals surface area contributed by atoms with Crippen LogP contribution in [0.4, 0.5) is 17.3 Å². The number of amides is 3. The molecule has 396 valence electrons. The van der Waals surface area contributed by atoms with Gasteiger partial charge in [-0.1, -0.05) is 6.07 Å². The second kappa shape index (κ2) is 22.2. The van der Waals surface area contributed by atoms with Gasteiger partial charge in [0.05, 0.1) is 34.3 Å². The number of rotatable bonds is 20. The summed E-state index contributed by atoms with van der Waals surface area (Å²) in [4.78, 5) is 103. The van der Waals surface area contributed by atoms with E-state index in [1.54, 1.807) is 50.2 Å². The highest BCUT2D eigenvalue weighted by molar-refractivity contribution is 7.99. The van der Waals surface area contributed by atoms with Crippen molar-refractivity contribution < 1.29 is 58.7 Å². The maximum Gasteiger partial charge on any atom is 0.336 e. The number of aromatic nitrogens is 5. The molecule has 3 aromatic carbocycles. The first-order valence-electron chi connectivity index (χ1n) is 23.3. The van der Waals surface area contributed by atoms with Gasteiger partial charge >= 0.3 is 17.9 Å². The highest BCUT2D eigenvalue weighted by Gasteiger charge is 2.28. The van der Waals surface area contributed by atoms with Crippen molar-refractivity contribution in [2.45, 2.75) is 56.8 Å². The van der Waals surface area contributed by atoms with E-state index < -0.39 is 77.9 Å². The predicted octanol–water partition coefficient (Wildman–Crippen LogP) is 3.77. The van der Waals surface area contributed by atoms with Crippen molar-refractivity contribution in [2.24, 2.45) is 0 Å². The molecule has 4 heterocycles. The molecule has 6 aromatic rings. The zero-order valence-corrected chi connectivity index (χ0v) is 41.6. The van der Waals surface area contributed by atoms with Gasteiger partial charge in [0.1, 0.15) is 23.4 Å². The van der Waals surface area contributed by atoms with Crippen LogP contribution in [0, 0.1) is 19.3 Å². The molecule has 1 aliphatic carbocycles. The van der Waals surface area contributed by atoms with Crippen LogP contribution in [0.1, 0.15) is 60.7 Å². The monoisotopic (exact) mass is 1070 g/mol. The Kier molecular flexibility index (Phi) is 15.4. The molecule has 0 spiro atoms. The summed E-state index contributed by atoms with van der Waals surface area (Å²) in [5.74, 6) is -7.54. The smallest absolute Gasteiger partial charge is 0.336 e. The predicted molar refractivity (Wildman–Crippen MR) is 280 cm³/mol. The third-order valence-electron chi connectivity index (χ3n) is 12.4. The van der Waals surface area contributed by atoms with Crippen LogP contribution in [0.2, 0.25) is 0 Å². The Balaban J connectivity index is 0.835. The number of carboxylic acids is 3. The SMILES string of the molecule is Cc1c2oc3c(C)c(N)ccc3c(-c3ccc(C(=O)NCCn4c(O)cc(SCC(NC(=O)CCC(NC(=O)c5ccc(NCc6cnc7nc(N)[nH]c(=O)c7n6)cc5)C(=O)O)C(=O)O)c4O)cc3C(=O)O)c-2ccc1=N. The third kappa shape index (κ3) is 11.6. The van der Waals surface area contributed by atoms with Crippen molar-refractivity contribution in [3.05, 3.63) is 128 Å². The molecule has 0 saturated heterocycles. The number of benzene rings is 4. The molecule has 2 unspecified atom stereocenters. The van der Waals surface area contributed by atoms with Crippen LogP contribution in [-0.2, 0) is 27.5 Å². The molecule has 0 radical (unpaired) electrons. The van der Waals surface area contributed by atoms with E-state index in [2.05, 4.69) is 41.2 Å². The van der Waals surface area contributed by atoms with Crippen LogP contribution in [-0.4, -0.2) is 110 Å². The summed E-state index contributed by atoms with van der Waals surface area (Å²) in [6.45, 7) is 3.27. The first-order chi connectivity index (χ1) is 36.7. The number of hydrogen-bond donors (Lipinski definition) is 13. The summed E-state index contributed by atoms with van der Waals surface area (Å²) in [5.41, 5.74) is 15.4. The molecule has 1 aliphatic heterocycles. The summed E-state index contributed by atoms with van der Waals surface area (Å²) in [7, 11) is 0. The maximum atomic E-state index is 13.4. The van der Waals surface area contributed by atoms with Gasteiger partial charge in [0.25, 0.3) is 17.4 Å². The normalized spacial score (nSPS) is 12.0. The fraction of sp³-hybridized carbons (Fsp3) is 0.196. The van der Waals surface area contributed by atoms with Crippen molar-refractivity contribution in [3.8, 4) is 34.2 Å². The third-order valence-corrected chi connectivity index (χ3v) is 13.5. The van der Waals surface area contributed by atoms with Crippen LogP contribution >= 0.6 is 11.8 Å². The largest absolute Gasteiger partial charge is 0.494 e. The van der Waals surface area contributed by atoms with Gasteiger partial charge in [-0.05, 0) is 86.5 Å². The summed E-state index contributed by atoms with van der Waals surface area (Å²) < 4.78 is 7.31. The topological polar surface area (TPSA) is 417 Å². The number of carboxylic acid groups (broad SMARTS) is 3. The molecule has 2 atom stereocenters. The van der Waals surface area contributed by atoms with Gasteiger partial charge in [0.2, 0.25) is 17.7 Å². The summed E-state index contributed by atoms with van der Waals surface area (Å²) in [5, 5.41) is 71.3. The number of carbonyl (C=O) groups excluding carboxylic acids is 3. The summed E-state index contributed by atoms with van der Waals surface area (Å²) in [6, 6.07) is 14.8. The molecule has 0 saturated carbocycles. The molecule has 15 N–H and O–H groups in total. The number of aryl methyl sites for hydroxylation is 1. The van der Waals surface area contributed by atoms with Crippen LogP contribution in [0.5, 0.6) is 11.8 Å². The Bertz CT molecular complexity index is 3780. The van der Waals surface area contributed by atoms with E-state index in [0.29, 0.717) is 56.1 Å². The number of aromatic amines is 1. The van der Waals surface area contributed by atoms with Crippen LogP contribution in [0.15, 0.2) is 93.1 Å². The first kappa shape index (κ1) is 53.3. The van der Waals surface area contributed by atoms with Crippen molar-refractivity contribution in [1.29, 1.82) is 5.41 Å². The van der Waals surface area contributed by atoms with Crippen LogP contribution in [0.3, 0.4) is 0 Å². The molecule has 77 heavy (non-hydrogen) atoms. The number of nitrogen functional groups attached to an aromatic ring is 2. The second-order valence-electron chi connectivity index (χ2n) is 17.5. The Hall–Kier alpha value is -9.98. The second-order valence-corrected chi connectivity index (χ2v) is 18.6. The van der Waals surface area contributed by atoms with Gasteiger partial charge in [-0.15, -0.1) is 11.8 Å². The summed E-state index contributed by atoms with van der Waals surface area (Å²) in [6.07, 6.45) is 0.503. The quantitative estimate of drug-likeness (QED) is 0.0293. The lowest BCUT2D eigenvalue weighted by atomic mass is 9.88. The summed E-state index contributed by atoms with van der Waals surface area (Å²) >= 11 is 0.773. The number of fused-ring (bicyclic) bond motifs is 3. The number of aliphatic carboxylic acids is 2. The number of anilines is 3. The number of carbonyl (C=O) groups is 6. The highest BCUT2D eigenvalue weighted by Crippen LogP contribution is 2.44. The Morgan fingerprint density at radius 3 is 2.27 bits per heavy atom. The van der Waals surface area contributed by atoms with E-state index in [4.69, 9.17) is 21.3 Å². The number of nitrogens with two attached hydrogens (primary N) is 2. The molecule has 0 fully saturated rings. The number of nitrogens with zero attached hydrogens (tertiary/aromatic N) is 4. The van der Waals surface area contributed by atoms with Gasteiger partial charge in [0.15, 0.2) is 17.0 Å². The Labute approximate surface area is 438 Å². The fourth-order valence-corrected chi connectivity index (χ4v) is 9.26. The van der Waals surface area contributed by atoms with E-state index in [0.717, 1.165) is 22.4 Å². The first-order valence-corrected chi connectivity index (χ1v) is 24.3. The Morgan fingerprint density at radius 2 is 1.56 bits per heavy atom. The highest BCUT2D eigenvalue weighted by atomic mass is 32.2. The molecular formula is C51H48N12O13S. The van der Waals surface area contributed by atoms with Gasteiger partial charge in [-0.3, -0.25) is 28.7 Å². The Morgan fingerprint density at radius 1 is 0.844 bits per heavy atom. The van der Waals surface area contributed by atoms with Crippen LogP contribution < -0.4 is 43.7 Å². The molecular weight excluding hydrogens is 1020 g/mol. The molecule has 3 aromatic heterocycles. The average molecular weight is 1070 g/mol. The molecule has 8 rings (SSSR count). The molecule has 3 amide bonds. The molecule has 2 aliphatic rings. The minimum atomic E-state index is -1.55. The van der Waals surface area contributed by atoms with Crippen LogP contribution in [0.25, 0.3) is 44.6 Å². The lowest BCUT2D eigenvalue weighted by Gasteiger charge is -2.20. The molecule has 0 bridgehead atoms. The number of nitrogens with one attached hydrogen (secondary N) is 6. The van der Waals surface area contributed by atoms with E-state index in [1.807, 2.05) is 0 Å². The minimum absolute atomic E-state index is 0.000677. The van der Waals surface area contributed by atoms with Crippen molar-refractivity contribution >= 4 is 86.8 Å². The van der Waals surface area contributed by atoms with E-state index in [1.165, 1.54) is 36.5 Å². The number of thioether (sulfide) groups is 1. The number of aromatic carboxylic acids is 1. The standard InChI is InChI=1S/C51H48N12O13S/c1-22-32(52)11-9-29-39(30-10-12-33(53)23(2)42(30)76-41(22)29)28-8-5-25(17-31(28)48(70)71)44(66)55-15-16-63-38(65)18-36(47(63)69)77-21-35(50(74)75)59-37(64)14-13-34(49(72)73)60-45(67)24-3-6-26(7-4-24)56-19-27-20-57-43-40(58-27)46(68)62-51(54)61-43/h3-12,17-18,20,34-35,52,56,65,69H,13-16,19,21,53H2,1-2H3,(H,55,66)(H,59,64)(H,60,67)(H,70,71)(H,72,73)(H,74,75)(H3,54,57,61,62,68). The average Bonchev–Trinajstić information content (AvgIpc) is 3.68. The lowest BCUT2D eigenvalue weighted by molar-refractivity contribution is -0.142. The van der Waals surface area contributed by atoms with Crippen molar-refractivity contribution in [2.75, 3.05) is 29.1 Å². The van der Waals surface area contributed by atoms with Gasteiger partial charge in [0, 0.05) is 81.5 Å². The van der Waals surface area contributed by atoms with Crippen molar-refractivity contribution in [1.82, 2.24) is 40.5 Å². The minimum Gasteiger partial charge on any atom is -0.494 e. The van der Waals surface area contributed by atoms with Gasteiger partial charge in [-0.25, -0.2) is 24.4 Å².